The number of carbonyl (C=O) groups excluding carboxylic acids is 1. The van der Waals surface area contributed by atoms with E-state index in [0.29, 0.717) is 22.9 Å². The number of rotatable bonds is 8. The van der Waals surface area contributed by atoms with E-state index in [1.807, 2.05) is 26.8 Å². The van der Waals surface area contributed by atoms with E-state index in [4.69, 9.17) is 4.74 Å². The maximum Gasteiger partial charge on any atom is 0.270 e. The number of ether oxygens (including phenoxy) is 1. The molecule has 0 saturated heterocycles. The highest BCUT2D eigenvalue weighted by Crippen LogP contribution is 2.29. The van der Waals surface area contributed by atoms with Crippen LogP contribution in [-0.2, 0) is 4.79 Å². The topological polar surface area (TPSA) is 134 Å². The summed E-state index contributed by atoms with van der Waals surface area (Å²) in [5.74, 6) is 0.530. The van der Waals surface area contributed by atoms with Crippen LogP contribution in [-0.4, -0.2) is 38.4 Å². The first kappa shape index (κ1) is 23.4. The van der Waals surface area contributed by atoms with Crippen LogP contribution in [0.1, 0.15) is 43.7 Å². The fraction of sp³-hybridized carbons (Fsp3) is 0.333. The first-order valence-corrected chi connectivity index (χ1v) is 11.6. The Hall–Kier alpha value is -3.23. The minimum atomic E-state index is -0.566. The van der Waals surface area contributed by atoms with Crippen LogP contribution in [0.2, 0.25) is 0 Å². The summed E-state index contributed by atoms with van der Waals surface area (Å²) in [5.41, 5.74) is 0.138. The number of aromatic nitrogens is 4. The third kappa shape index (κ3) is 5.33. The molecule has 32 heavy (non-hydrogen) atoms. The van der Waals surface area contributed by atoms with Crippen molar-refractivity contribution in [3.63, 3.8) is 0 Å². The van der Waals surface area contributed by atoms with Gasteiger partial charge in [0.15, 0.2) is 5.16 Å². The van der Waals surface area contributed by atoms with Gasteiger partial charge in [-0.25, -0.2) is 4.98 Å². The van der Waals surface area contributed by atoms with Crippen molar-refractivity contribution in [2.75, 3.05) is 12.4 Å². The number of benzene rings is 1. The Morgan fingerprint density at radius 2 is 2.16 bits per heavy atom. The molecule has 166 valence electrons. The Labute approximate surface area is 193 Å². The highest BCUT2D eigenvalue weighted by Gasteiger charge is 2.23. The zero-order chi connectivity index (χ0) is 23.3. The number of H-pyrrole nitrogens is 1. The summed E-state index contributed by atoms with van der Waals surface area (Å²) >= 11 is 2.45. The molecular weight excluding hydrogens is 448 g/mol. The van der Waals surface area contributed by atoms with Crippen LogP contribution in [0.25, 0.3) is 11.3 Å². The number of nitrogens with zero attached hydrogens (tertiary/aromatic N) is 4. The predicted molar refractivity (Wildman–Crippen MR) is 124 cm³/mol. The van der Waals surface area contributed by atoms with Crippen LogP contribution in [0.15, 0.2) is 34.2 Å². The standard InChI is InChI=1S/C21H22N6O3S2/c1-5-15(18(29)25-21-27-26-19(32-21)11(2)3)31-20-23-16(14(10-22)17(28)24-20)12-7-6-8-13(9-12)30-4/h6-9,11,15H,5H2,1-4H3,(H,23,24,28)(H,25,27,29). The molecule has 9 nitrogen and oxygen atoms in total. The fourth-order valence-electron chi connectivity index (χ4n) is 2.75. The Kier molecular flexibility index (Phi) is 7.61. The normalized spacial score (nSPS) is 11.8. The van der Waals surface area contributed by atoms with Crippen molar-refractivity contribution in [3.8, 4) is 23.1 Å². The van der Waals surface area contributed by atoms with Gasteiger partial charge in [-0.15, -0.1) is 10.2 Å². The van der Waals surface area contributed by atoms with Crippen molar-refractivity contribution in [3.05, 3.63) is 45.2 Å². The number of methoxy groups -OCH3 is 1. The minimum absolute atomic E-state index is 0.102. The van der Waals surface area contributed by atoms with Gasteiger partial charge in [0.1, 0.15) is 22.4 Å². The highest BCUT2D eigenvalue weighted by atomic mass is 32.2. The molecule has 0 bridgehead atoms. The Morgan fingerprint density at radius 1 is 1.38 bits per heavy atom. The monoisotopic (exact) mass is 470 g/mol. The van der Waals surface area contributed by atoms with Gasteiger partial charge in [0.25, 0.3) is 5.56 Å². The van der Waals surface area contributed by atoms with E-state index >= 15 is 0 Å². The van der Waals surface area contributed by atoms with Gasteiger partial charge in [0, 0.05) is 11.5 Å². The zero-order valence-corrected chi connectivity index (χ0v) is 19.6. The summed E-state index contributed by atoms with van der Waals surface area (Å²) in [7, 11) is 1.53. The van der Waals surface area contributed by atoms with Crippen LogP contribution >= 0.6 is 23.1 Å². The van der Waals surface area contributed by atoms with Crippen molar-refractivity contribution in [2.45, 2.75) is 43.5 Å². The van der Waals surface area contributed by atoms with Gasteiger partial charge in [-0.3, -0.25) is 14.9 Å². The second-order valence-corrected chi connectivity index (χ2v) is 9.24. The number of amides is 1. The van der Waals surface area contributed by atoms with Crippen molar-refractivity contribution >= 4 is 34.1 Å². The van der Waals surface area contributed by atoms with Crippen LogP contribution in [0.4, 0.5) is 5.13 Å². The minimum Gasteiger partial charge on any atom is -0.497 e. The Balaban J connectivity index is 1.87. The van der Waals surface area contributed by atoms with E-state index in [0.717, 1.165) is 16.8 Å². The third-order valence-corrected chi connectivity index (χ3v) is 6.82. The molecule has 0 spiro atoms. The molecular formula is C21H22N6O3S2. The largest absolute Gasteiger partial charge is 0.497 e. The number of anilines is 1. The van der Waals surface area contributed by atoms with E-state index in [1.165, 1.54) is 18.4 Å². The van der Waals surface area contributed by atoms with E-state index in [-0.39, 0.29) is 28.2 Å². The molecule has 0 fully saturated rings. The molecule has 1 amide bonds. The molecule has 11 heteroatoms. The molecule has 1 atom stereocenters. The van der Waals surface area contributed by atoms with Gasteiger partial charge in [0.05, 0.1) is 18.1 Å². The average Bonchev–Trinajstić information content (AvgIpc) is 3.25. The summed E-state index contributed by atoms with van der Waals surface area (Å²) in [6.45, 7) is 5.87. The van der Waals surface area contributed by atoms with Crippen molar-refractivity contribution in [2.24, 2.45) is 0 Å². The summed E-state index contributed by atoms with van der Waals surface area (Å²) < 4.78 is 5.23. The summed E-state index contributed by atoms with van der Waals surface area (Å²) in [4.78, 5) is 32.4. The van der Waals surface area contributed by atoms with Gasteiger partial charge in [-0.2, -0.15) is 5.26 Å². The molecule has 3 rings (SSSR count). The number of thioether (sulfide) groups is 1. The number of aromatic amines is 1. The van der Waals surface area contributed by atoms with E-state index in [1.54, 1.807) is 24.3 Å². The first-order valence-electron chi connectivity index (χ1n) is 9.86. The van der Waals surface area contributed by atoms with Crippen LogP contribution in [0.3, 0.4) is 0 Å². The average molecular weight is 471 g/mol. The number of nitrogens with one attached hydrogen (secondary N) is 2. The SMILES string of the molecule is CCC(Sc1nc(-c2cccc(OC)c2)c(C#N)c(=O)[nH]1)C(=O)Nc1nnc(C(C)C)s1. The number of hydrogen-bond donors (Lipinski definition) is 2. The molecule has 0 aliphatic rings. The quantitative estimate of drug-likeness (QED) is 0.375. The lowest BCUT2D eigenvalue weighted by atomic mass is 10.1. The Morgan fingerprint density at radius 3 is 2.78 bits per heavy atom. The van der Waals surface area contributed by atoms with Gasteiger partial charge < -0.3 is 9.72 Å². The molecule has 0 aliphatic carbocycles. The molecule has 2 aromatic heterocycles. The lowest BCUT2D eigenvalue weighted by Gasteiger charge is -2.13. The van der Waals surface area contributed by atoms with E-state index < -0.39 is 10.8 Å². The lowest BCUT2D eigenvalue weighted by Crippen LogP contribution is -2.25. The first-order chi connectivity index (χ1) is 15.4. The van der Waals surface area contributed by atoms with Crippen LogP contribution in [0.5, 0.6) is 5.75 Å². The molecule has 0 aliphatic heterocycles. The van der Waals surface area contributed by atoms with Gasteiger partial charge in [-0.05, 0) is 18.6 Å². The molecule has 0 radical (unpaired) electrons. The fourth-order valence-corrected chi connectivity index (χ4v) is 4.40. The van der Waals surface area contributed by atoms with Gasteiger partial charge in [-0.1, -0.05) is 56.0 Å². The van der Waals surface area contributed by atoms with Crippen LogP contribution < -0.4 is 15.6 Å². The molecule has 3 aromatic rings. The number of hydrogen-bond acceptors (Lipinski definition) is 9. The van der Waals surface area contributed by atoms with Crippen molar-refractivity contribution < 1.29 is 9.53 Å². The highest BCUT2D eigenvalue weighted by molar-refractivity contribution is 8.00. The maximum absolute atomic E-state index is 12.8. The number of carbonyl (C=O) groups is 1. The predicted octanol–water partition coefficient (Wildman–Crippen LogP) is 3.80. The number of nitriles is 1. The summed E-state index contributed by atoms with van der Waals surface area (Å²) in [6.07, 6.45) is 0.491. The van der Waals surface area contributed by atoms with E-state index in [9.17, 15) is 14.9 Å². The molecule has 2 N–H and O–H groups in total. The molecule has 0 saturated carbocycles. The molecule has 1 aromatic carbocycles. The lowest BCUT2D eigenvalue weighted by molar-refractivity contribution is -0.115. The third-order valence-electron chi connectivity index (χ3n) is 4.43. The van der Waals surface area contributed by atoms with Crippen molar-refractivity contribution in [1.29, 1.82) is 5.26 Å². The second kappa shape index (κ2) is 10.4. The van der Waals surface area contributed by atoms with Crippen LogP contribution in [0, 0.1) is 11.3 Å². The zero-order valence-electron chi connectivity index (χ0n) is 18.0. The van der Waals surface area contributed by atoms with Crippen molar-refractivity contribution in [1.82, 2.24) is 20.2 Å². The summed E-state index contributed by atoms with van der Waals surface area (Å²) in [5, 5.41) is 21.3. The molecule has 1 unspecified atom stereocenters. The smallest absolute Gasteiger partial charge is 0.270 e. The van der Waals surface area contributed by atoms with Gasteiger partial charge in [0.2, 0.25) is 11.0 Å². The van der Waals surface area contributed by atoms with Gasteiger partial charge >= 0.3 is 0 Å². The summed E-state index contributed by atoms with van der Waals surface area (Å²) in [6, 6.07) is 8.86. The Bertz CT molecular complexity index is 1210. The molecule has 2 heterocycles. The maximum atomic E-state index is 12.8. The second-order valence-electron chi connectivity index (χ2n) is 7.04. The van der Waals surface area contributed by atoms with E-state index in [2.05, 4.69) is 25.5 Å².